The van der Waals surface area contributed by atoms with Gasteiger partial charge in [0, 0.05) is 16.8 Å². The van der Waals surface area contributed by atoms with Crippen LogP contribution in [0.25, 0.3) is 11.1 Å². The van der Waals surface area contributed by atoms with Crippen LogP contribution in [0.1, 0.15) is 15.9 Å². The van der Waals surface area contributed by atoms with Crippen LogP contribution in [-0.2, 0) is 0 Å². The van der Waals surface area contributed by atoms with Crippen molar-refractivity contribution in [2.45, 2.75) is 0 Å². The fourth-order valence-corrected chi connectivity index (χ4v) is 2.25. The van der Waals surface area contributed by atoms with Crippen molar-refractivity contribution in [2.75, 3.05) is 5.73 Å². The lowest BCUT2D eigenvalue weighted by Gasteiger charge is -2.05. The molecular weight excluding hydrogens is 258 g/mol. The average Bonchev–Trinajstić information content (AvgIpc) is 2.56. The van der Waals surface area contributed by atoms with Gasteiger partial charge < -0.3 is 5.73 Å². The van der Waals surface area contributed by atoms with Gasteiger partial charge in [-0.05, 0) is 35.4 Å². The molecule has 0 bridgehead atoms. The van der Waals surface area contributed by atoms with Crippen molar-refractivity contribution < 1.29 is 4.79 Å². The van der Waals surface area contributed by atoms with Crippen molar-refractivity contribution in [1.29, 1.82) is 0 Å². The normalized spacial score (nSPS) is 10.3. The molecular formula is C19H15NO. The SMILES string of the molecule is Nc1ccc(C(=O)c2ccc(-c3ccccc3)cc2)cc1. The van der Waals surface area contributed by atoms with E-state index < -0.39 is 0 Å². The number of carbonyl (C=O) groups excluding carboxylic acids is 1. The number of benzene rings is 3. The van der Waals surface area contributed by atoms with Gasteiger partial charge in [0.05, 0.1) is 0 Å². The summed E-state index contributed by atoms with van der Waals surface area (Å²) < 4.78 is 0. The summed E-state index contributed by atoms with van der Waals surface area (Å²) in [6, 6.07) is 24.8. The number of rotatable bonds is 3. The fraction of sp³-hybridized carbons (Fsp3) is 0. The Bertz CT molecular complexity index is 744. The van der Waals surface area contributed by atoms with Crippen LogP contribution in [0.2, 0.25) is 0 Å². The molecule has 0 heterocycles. The van der Waals surface area contributed by atoms with Crippen molar-refractivity contribution in [3.8, 4) is 11.1 Å². The van der Waals surface area contributed by atoms with Gasteiger partial charge in [-0.2, -0.15) is 0 Å². The molecule has 0 saturated heterocycles. The molecule has 0 spiro atoms. The molecule has 0 saturated carbocycles. The van der Waals surface area contributed by atoms with Gasteiger partial charge in [0.2, 0.25) is 0 Å². The molecule has 21 heavy (non-hydrogen) atoms. The lowest BCUT2D eigenvalue weighted by Crippen LogP contribution is -2.01. The molecule has 2 heteroatoms. The topological polar surface area (TPSA) is 43.1 Å². The van der Waals surface area contributed by atoms with E-state index in [2.05, 4.69) is 12.1 Å². The van der Waals surface area contributed by atoms with Gasteiger partial charge in [0.15, 0.2) is 5.78 Å². The predicted molar refractivity (Wildman–Crippen MR) is 86.2 cm³/mol. The Morgan fingerprint density at radius 3 is 1.67 bits per heavy atom. The van der Waals surface area contributed by atoms with Crippen LogP contribution in [0, 0.1) is 0 Å². The van der Waals surface area contributed by atoms with Gasteiger partial charge >= 0.3 is 0 Å². The maximum absolute atomic E-state index is 12.4. The Balaban J connectivity index is 1.87. The predicted octanol–water partition coefficient (Wildman–Crippen LogP) is 4.17. The molecule has 0 fully saturated rings. The summed E-state index contributed by atoms with van der Waals surface area (Å²) >= 11 is 0. The Hall–Kier alpha value is -2.87. The number of ketones is 1. The summed E-state index contributed by atoms with van der Waals surface area (Å²) in [7, 11) is 0. The molecule has 2 N–H and O–H groups in total. The summed E-state index contributed by atoms with van der Waals surface area (Å²) in [5.74, 6) is 0.00890. The van der Waals surface area contributed by atoms with Crippen LogP contribution in [0.3, 0.4) is 0 Å². The van der Waals surface area contributed by atoms with E-state index in [9.17, 15) is 4.79 Å². The van der Waals surface area contributed by atoms with Crippen LogP contribution < -0.4 is 5.73 Å². The van der Waals surface area contributed by atoms with Gasteiger partial charge in [-0.1, -0.05) is 54.6 Å². The van der Waals surface area contributed by atoms with Crippen LogP contribution in [0.5, 0.6) is 0 Å². The lowest BCUT2D eigenvalue weighted by molar-refractivity contribution is 0.103. The van der Waals surface area contributed by atoms with E-state index in [1.807, 2.05) is 42.5 Å². The first-order chi connectivity index (χ1) is 10.2. The molecule has 0 aliphatic carbocycles. The molecule has 3 aromatic rings. The van der Waals surface area contributed by atoms with E-state index in [0.29, 0.717) is 16.8 Å². The van der Waals surface area contributed by atoms with Gasteiger partial charge in [-0.15, -0.1) is 0 Å². The fourth-order valence-electron chi connectivity index (χ4n) is 2.25. The zero-order valence-corrected chi connectivity index (χ0v) is 11.5. The second-order valence-corrected chi connectivity index (χ2v) is 4.89. The molecule has 102 valence electrons. The summed E-state index contributed by atoms with van der Waals surface area (Å²) in [5.41, 5.74) is 9.87. The molecule has 0 atom stereocenters. The van der Waals surface area contributed by atoms with Crippen molar-refractivity contribution in [3.05, 3.63) is 90.0 Å². The van der Waals surface area contributed by atoms with Crippen LogP contribution in [0.15, 0.2) is 78.9 Å². The highest BCUT2D eigenvalue weighted by Crippen LogP contribution is 2.20. The molecule has 3 aromatic carbocycles. The highest BCUT2D eigenvalue weighted by molar-refractivity contribution is 6.09. The molecule has 0 aliphatic heterocycles. The van der Waals surface area contributed by atoms with Crippen LogP contribution >= 0.6 is 0 Å². The van der Waals surface area contributed by atoms with E-state index >= 15 is 0 Å². The number of nitrogens with two attached hydrogens (primary N) is 1. The summed E-state index contributed by atoms with van der Waals surface area (Å²) in [4.78, 5) is 12.4. The second kappa shape index (κ2) is 5.63. The minimum atomic E-state index is 0.00890. The Labute approximate surface area is 123 Å². The Morgan fingerprint density at radius 1 is 0.619 bits per heavy atom. The third-order valence-electron chi connectivity index (χ3n) is 3.43. The summed E-state index contributed by atoms with van der Waals surface area (Å²) in [5, 5.41) is 0. The van der Waals surface area contributed by atoms with Gasteiger partial charge in [0.25, 0.3) is 0 Å². The van der Waals surface area contributed by atoms with E-state index in [4.69, 9.17) is 5.73 Å². The van der Waals surface area contributed by atoms with Crippen molar-refractivity contribution in [1.82, 2.24) is 0 Å². The molecule has 3 rings (SSSR count). The van der Waals surface area contributed by atoms with Crippen LogP contribution in [0.4, 0.5) is 5.69 Å². The van der Waals surface area contributed by atoms with E-state index in [0.717, 1.165) is 11.1 Å². The Kier molecular flexibility index (Phi) is 3.52. The van der Waals surface area contributed by atoms with Crippen molar-refractivity contribution in [2.24, 2.45) is 0 Å². The van der Waals surface area contributed by atoms with Crippen molar-refractivity contribution in [3.63, 3.8) is 0 Å². The zero-order valence-electron chi connectivity index (χ0n) is 11.5. The van der Waals surface area contributed by atoms with Gasteiger partial charge in [-0.3, -0.25) is 4.79 Å². The lowest BCUT2D eigenvalue weighted by atomic mass is 9.99. The molecule has 0 amide bonds. The summed E-state index contributed by atoms with van der Waals surface area (Å²) in [6.45, 7) is 0. The molecule has 0 aliphatic rings. The Morgan fingerprint density at radius 2 is 1.10 bits per heavy atom. The number of hydrogen-bond donors (Lipinski definition) is 1. The average molecular weight is 273 g/mol. The maximum atomic E-state index is 12.4. The molecule has 0 radical (unpaired) electrons. The smallest absolute Gasteiger partial charge is 0.193 e. The first-order valence-corrected chi connectivity index (χ1v) is 6.80. The third kappa shape index (κ3) is 2.84. The monoisotopic (exact) mass is 273 g/mol. The van der Waals surface area contributed by atoms with Gasteiger partial charge in [-0.25, -0.2) is 0 Å². The molecule has 2 nitrogen and oxygen atoms in total. The van der Waals surface area contributed by atoms with E-state index in [-0.39, 0.29) is 5.78 Å². The van der Waals surface area contributed by atoms with Crippen molar-refractivity contribution >= 4 is 11.5 Å². The highest BCUT2D eigenvalue weighted by Gasteiger charge is 2.08. The second-order valence-electron chi connectivity index (χ2n) is 4.89. The highest BCUT2D eigenvalue weighted by atomic mass is 16.1. The number of carbonyl (C=O) groups is 1. The number of hydrogen-bond acceptors (Lipinski definition) is 2. The number of anilines is 1. The molecule has 0 unspecified atom stereocenters. The number of nitrogen functional groups attached to an aromatic ring is 1. The third-order valence-corrected chi connectivity index (χ3v) is 3.43. The minimum Gasteiger partial charge on any atom is -0.399 e. The van der Waals surface area contributed by atoms with E-state index in [1.165, 1.54) is 0 Å². The standard InChI is InChI=1S/C19H15NO/c20-18-12-10-17(11-13-18)19(21)16-8-6-15(7-9-16)14-4-2-1-3-5-14/h1-13H,20H2. The van der Waals surface area contributed by atoms with Crippen LogP contribution in [-0.4, -0.2) is 5.78 Å². The zero-order chi connectivity index (χ0) is 14.7. The quantitative estimate of drug-likeness (QED) is 0.575. The van der Waals surface area contributed by atoms with E-state index in [1.54, 1.807) is 24.3 Å². The van der Waals surface area contributed by atoms with Gasteiger partial charge in [0.1, 0.15) is 0 Å². The summed E-state index contributed by atoms with van der Waals surface area (Å²) in [6.07, 6.45) is 0. The first-order valence-electron chi connectivity index (χ1n) is 6.80. The first kappa shape index (κ1) is 13.1. The molecule has 0 aromatic heterocycles. The maximum Gasteiger partial charge on any atom is 0.193 e. The minimum absolute atomic E-state index is 0.00890. The largest absolute Gasteiger partial charge is 0.399 e.